The SMILES string of the molecule is CC1(C)c2ccccc2-c2ccc(-n3c4ccccc4c4cc(-c5cccc(-c6ccc7c(c6)c6ccccc6n7-c6nc(-c7ccccc7)cc(-c7ccccc7)n6)c5)ccc43)cc21. The lowest BCUT2D eigenvalue weighted by molar-refractivity contribution is 0.660. The maximum Gasteiger partial charge on any atom is 0.235 e. The van der Waals surface area contributed by atoms with Crippen molar-refractivity contribution in [2.24, 2.45) is 0 Å². The molecule has 0 fully saturated rings. The number of fused-ring (bicyclic) bond motifs is 9. The smallest absolute Gasteiger partial charge is 0.235 e. The van der Waals surface area contributed by atoms with Gasteiger partial charge in [-0.05, 0) is 105 Å². The molecule has 0 radical (unpaired) electrons. The highest BCUT2D eigenvalue weighted by Gasteiger charge is 2.35. The standard InChI is InChI=1S/C61H42N4/c1-61(2)52-25-12-9-22-46(52)47-31-30-45(37-53(47)61)64-56-26-13-10-23-48(56)50-35-43(28-32-58(50)64)41-20-15-21-42(34-41)44-29-33-59-51(36-44)49-24-11-14-27-57(49)65(59)60-62-54(39-16-5-3-6-17-39)38-55(63-60)40-18-7-4-8-19-40/h3-38H,1-2H3. The summed E-state index contributed by atoms with van der Waals surface area (Å²) in [4.78, 5) is 10.5. The molecule has 9 aromatic carbocycles. The summed E-state index contributed by atoms with van der Waals surface area (Å²) >= 11 is 0. The van der Waals surface area contributed by atoms with Crippen molar-refractivity contribution < 1.29 is 0 Å². The minimum atomic E-state index is -0.0734. The van der Waals surface area contributed by atoms with Crippen LogP contribution in [0.15, 0.2) is 218 Å². The zero-order chi connectivity index (χ0) is 43.2. The van der Waals surface area contributed by atoms with Crippen LogP contribution < -0.4 is 0 Å². The van der Waals surface area contributed by atoms with Gasteiger partial charge in [0.1, 0.15) is 0 Å². The van der Waals surface area contributed by atoms with E-state index in [1.165, 1.54) is 66.4 Å². The zero-order valence-electron chi connectivity index (χ0n) is 36.1. The third-order valence-corrected chi connectivity index (χ3v) is 13.8. The van der Waals surface area contributed by atoms with Crippen molar-refractivity contribution in [1.29, 1.82) is 0 Å². The summed E-state index contributed by atoms with van der Waals surface area (Å²) in [6.07, 6.45) is 0. The molecule has 0 saturated heterocycles. The number of aromatic nitrogens is 4. The molecule has 1 aliphatic carbocycles. The van der Waals surface area contributed by atoms with Gasteiger partial charge in [-0.3, -0.25) is 4.57 Å². The first-order valence-electron chi connectivity index (χ1n) is 22.4. The topological polar surface area (TPSA) is 35.6 Å². The molecule has 0 spiro atoms. The van der Waals surface area contributed by atoms with Crippen LogP contribution in [0.4, 0.5) is 0 Å². The summed E-state index contributed by atoms with van der Waals surface area (Å²) in [5, 5.41) is 4.81. The number of nitrogens with zero attached hydrogens (tertiary/aromatic N) is 4. The molecule has 0 amide bonds. The summed E-state index contributed by atoms with van der Waals surface area (Å²) in [6, 6.07) is 78.9. The van der Waals surface area contributed by atoms with Crippen LogP contribution in [-0.4, -0.2) is 19.1 Å². The van der Waals surface area contributed by atoms with Crippen LogP contribution in [0.2, 0.25) is 0 Å². The Labute approximate surface area is 377 Å². The van der Waals surface area contributed by atoms with E-state index < -0.39 is 0 Å². The third-order valence-electron chi connectivity index (χ3n) is 13.8. The van der Waals surface area contributed by atoms with Gasteiger partial charge in [0.15, 0.2) is 0 Å². The highest BCUT2D eigenvalue weighted by atomic mass is 15.2. The molecule has 12 aromatic rings. The van der Waals surface area contributed by atoms with Crippen LogP contribution in [-0.2, 0) is 5.41 Å². The van der Waals surface area contributed by atoms with Gasteiger partial charge in [0.05, 0.1) is 33.5 Å². The van der Waals surface area contributed by atoms with Gasteiger partial charge >= 0.3 is 0 Å². The zero-order valence-corrected chi connectivity index (χ0v) is 36.1. The van der Waals surface area contributed by atoms with Gasteiger partial charge in [0, 0.05) is 43.8 Å². The first-order chi connectivity index (χ1) is 32.0. The molecule has 0 bridgehead atoms. The Hall–Kier alpha value is -8.34. The lowest BCUT2D eigenvalue weighted by Gasteiger charge is -2.22. The summed E-state index contributed by atoms with van der Waals surface area (Å²) in [7, 11) is 0. The second kappa shape index (κ2) is 14.3. The van der Waals surface area contributed by atoms with Crippen molar-refractivity contribution >= 4 is 43.6 Å². The van der Waals surface area contributed by atoms with Crippen LogP contribution in [0.5, 0.6) is 0 Å². The lowest BCUT2D eigenvalue weighted by atomic mass is 9.82. The van der Waals surface area contributed by atoms with Crippen molar-refractivity contribution in [1.82, 2.24) is 19.1 Å². The molecule has 0 aliphatic heterocycles. The van der Waals surface area contributed by atoms with Gasteiger partial charge in [-0.25, -0.2) is 9.97 Å². The summed E-state index contributed by atoms with van der Waals surface area (Å²) in [6.45, 7) is 4.71. The van der Waals surface area contributed by atoms with Gasteiger partial charge in [0.25, 0.3) is 0 Å². The van der Waals surface area contributed by atoms with Crippen molar-refractivity contribution in [3.8, 4) is 67.5 Å². The van der Waals surface area contributed by atoms with Gasteiger partial charge < -0.3 is 4.57 Å². The van der Waals surface area contributed by atoms with E-state index >= 15 is 0 Å². The summed E-state index contributed by atoms with van der Waals surface area (Å²) in [5.41, 5.74) is 19.7. The average molecular weight is 831 g/mol. The van der Waals surface area contributed by atoms with Crippen molar-refractivity contribution in [3.63, 3.8) is 0 Å². The Bertz CT molecular complexity index is 3800. The number of hydrogen-bond donors (Lipinski definition) is 0. The Morgan fingerprint density at radius 2 is 0.800 bits per heavy atom. The highest BCUT2D eigenvalue weighted by Crippen LogP contribution is 2.49. The Morgan fingerprint density at radius 1 is 0.323 bits per heavy atom. The van der Waals surface area contributed by atoms with E-state index in [0.29, 0.717) is 5.95 Å². The van der Waals surface area contributed by atoms with Crippen LogP contribution in [0.3, 0.4) is 0 Å². The molecule has 1 aliphatic rings. The van der Waals surface area contributed by atoms with E-state index in [1.807, 2.05) is 12.1 Å². The van der Waals surface area contributed by atoms with Crippen molar-refractivity contribution in [3.05, 3.63) is 230 Å². The van der Waals surface area contributed by atoms with E-state index in [0.717, 1.165) is 49.9 Å². The largest absolute Gasteiger partial charge is 0.309 e. The Kier molecular flexibility index (Phi) is 8.22. The second-order valence-corrected chi connectivity index (χ2v) is 17.8. The van der Waals surface area contributed by atoms with Crippen LogP contribution in [0.25, 0.3) is 111 Å². The first-order valence-corrected chi connectivity index (χ1v) is 22.4. The fourth-order valence-electron chi connectivity index (χ4n) is 10.6. The molecule has 0 unspecified atom stereocenters. The summed E-state index contributed by atoms with van der Waals surface area (Å²) in [5.74, 6) is 0.647. The minimum Gasteiger partial charge on any atom is -0.309 e. The number of hydrogen-bond acceptors (Lipinski definition) is 2. The fourth-order valence-corrected chi connectivity index (χ4v) is 10.6. The predicted molar refractivity (Wildman–Crippen MR) is 270 cm³/mol. The quantitative estimate of drug-likeness (QED) is 0.167. The van der Waals surface area contributed by atoms with Crippen LogP contribution >= 0.6 is 0 Å². The van der Waals surface area contributed by atoms with Gasteiger partial charge in [-0.1, -0.05) is 172 Å². The maximum atomic E-state index is 5.23. The maximum absolute atomic E-state index is 5.23. The molecule has 0 N–H and O–H groups in total. The van der Waals surface area contributed by atoms with E-state index in [-0.39, 0.29) is 5.41 Å². The van der Waals surface area contributed by atoms with Crippen LogP contribution in [0, 0.1) is 0 Å². The number of rotatable bonds is 6. The molecular weight excluding hydrogens is 789 g/mol. The molecule has 4 heteroatoms. The van der Waals surface area contributed by atoms with E-state index in [4.69, 9.17) is 9.97 Å². The summed E-state index contributed by atoms with van der Waals surface area (Å²) < 4.78 is 4.67. The lowest BCUT2D eigenvalue weighted by Crippen LogP contribution is -2.15. The highest BCUT2D eigenvalue weighted by molar-refractivity contribution is 6.12. The predicted octanol–water partition coefficient (Wildman–Crippen LogP) is 15.6. The average Bonchev–Trinajstić information content (AvgIpc) is 3.96. The number of benzene rings is 9. The monoisotopic (exact) mass is 830 g/mol. The minimum absolute atomic E-state index is 0.0734. The van der Waals surface area contributed by atoms with Gasteiger partial charge in [-0.15, -0.1) is 0 Å². The van der Waals surface area contributed by atoms with E-state index in [2.05, 4.69) is 229 Å². The molecule has 65 heavy (non-hydrogen) atoms. The molecule has 0 saturated carbocycles. The normalized spacial score (nSPS) is 12.9. The fraction of sp³-hybridized carbons (Fsp3) is 0.0492. The second-order valence-electron chi connectivity index (χ2n) is 17.8. The molecular formula is C61H42N4. The van der Waals surface area contributed by atoms with E-state index in [9.17, 15) is 0 Å². The Balaban J connectivity index is 0.909. The third kappa shape index (κ3) is 5.84. The molecule has 4 nitrogen and oxygen atoms in total. The van der Waals surface area contributed by atoms with Gasteiger partial charge in [-0.2, -0.15) is 0 Å². The van der Waals surface area contributed by atoms with E-state index in [1.54, 1.807) is 0 Å². The van der Waals surface area contributed by atoms with Crippen molar-refractivity contribution in [2.45, 2.75) is 19.3 Å². The van der Waals surface area contributed by atoms with Crippen LogP contribution in [0.1, 0.15) is 25.0 Å². The molecule has 13 rings (SSSR count). The first kappa shape index (κ1) is 37.2. The molecule has 3 aromatic heterocycles. The molecule has 3 heterocycles. The number of para-hydroxylation sites is 2. The Morgan fingerprint density at radius 3 is 1.43 bits per heavy atom. The van der Waals surface area contributed by atoms with Crippen molar-refractivity contribution in [2.75, 3.05) is 0 Å². The molecule has 0 atom stereocenters. The molecule has 306 valence electrons. The van der Waals surface area contributed by atoms with Gasteiger partial charge in [0.2, 0.25) is 5.95 Å².